The molecule has 0 radical (unpaired) electrons. The van der Waals surface area contributed by atoms with E-state index in [1.54, 1.807) is 0 Å². The van der Waals surface area contributed by atoms with Gasteiger partial charge in [0.2, 0.25) is 0 Å². The summed E-state index contributed by atoms with van der Waals surface area (Å²) < 4.78 is 0. The zero-order valence-electron chi connectivity index (χ0n) is 16.0. The largest absolute Gasteiger partial charge is 0.350 e. The summed E-state index contributed by atoms with van der Waals surface area (Å²) in [6.07, 6.45) is 2.43. The Bertz CT molecular complexity index is 984. The van der Waals surface area contributed by atoms with Gasteiger partial charge in [-0.15, -0.1) is 0 Å². The Kier molecular flexibility index (Phi) is 5.60. The molecule has 1 aliphatic heterocycles. The van der Waals surface area contributed by atoms with Gasteiger partial charge >= 0.3 is 0 Å². The molecule has 1 amide bonds. The lowest BCUT2D eigenvalue weighted by molar-refractivity contribution is 0.0937. The van der Waals surface area contributed by atoms with Gasteiger partial charge in [-0.05, 0) is 62.7 Å². The van der Waals surface area contributed by atoms with E-state index in [0.717, 1.165) is 29.7 Å². The maximum Gasteiger partial charge on any atom is 0.253 e. The van der Waals surface area contributed by atoms with Gasteiger partial charge in [0.05, 0.1) is 22.8 Å². The summed E-state index contributed by atoms with van der Waals surface area (Å²) in [5.41, 5.74) is 3.41. The van der Waals surface area contributed by atoms with Gasteiger partial charge in [-0.1, -0.05) is 41.9 Å². The molecule has 4 rings (SSSR count). The predicted molar refractivity (Wildman–Crippen MR) is 114 cm³/mol. The van der Waals surface area contributed by atoms with Crippen LogP contribution in [-0.4, -0.2) is 35.4 Å². The molecule has 4 nitrogen and oxygen atoms in total. The second kappa shape index (κ2) is 8.29. The van der Waals surface area contributed by atoms with Crippen LogP contribution in [0.4, 0.5) is 0 Å². The van der Waals surface area contributed by atoms with Gasteiger partial charge in [-0.3, -0.25) is 14.7 Å². The highest BCUT2D eigenvalue weighted by Crippen LogP contribution is 2.25. The quantitative estimate of drug-likeness (QED) is 0.679. The fourth-order valence-corrected chi connectivity index (χ4v) is 4.12. The van der Waals surface area contributed by atoms with E-state index in [0.29, 0.717) is 17.1 Å². The molecule has 1 N–H and O–H groups in total. The summed E-state index contributed by atoms with van der Waals surface area (Å²) in [4.78, 5) is 20.0. The number of carbonyl (C=O) groups excluding carboxylic acids is 1. The molecule has 1 aromatic heterocycles. The number of carbonyl (C=O) groups is 1. The Morgan fingerprint density at radius 3 is 2.64 bits per heavy atom. The molecule has 0 spiro atoms. The Hall–Kier alpha value is -2.43. The van der Waals surface area contributed by atoms with Crippen LogP contribution in [0.25, 0.3) is 10.9 Å². The fraction of sp³-hybridized carbons (Fsp3) is 0.304. The van der Waals surface area contributed by atoms with Crippen molar-refractivity contribution in [3.8, 4) is 0 Å². The zero-order chi connectivity index (χ0) is 19.5. The first kappa shape index (κ1) is 18.9. The number of nitrogens with zero attached hydrogens (tertiary/aromatic N) is 2. The van der Waals surface area contributed by atoms with E-state index in [2.05, 4.69) is 39.5 Å². The third-order valence-electron chi connectivity index (χ3n) is 5.43. The van der Waals surface area contributed by atoms with Crippen molar-refractivity contribution in [1.82, 2.24) is 15.2 Å². The number of fused-ring (bicyclic) bond motifs is 1. The lowest BCUT2D eigenvalue weighted by Crippen LogP contribution is -2.37. The third-order valence-corrected chi connectivity index (χ3v) is 5.67. The van der Waals surface area contributed by atoms with Crippen molar-refractivity contribution < 1.29 is 4.79 Å². The van der Waals surface area contributed by atoms with Crippen molar-refractivity contribution in [2.45, 2.75) is 25.8 Å². The number of amides is 1. The molecule has 0 aliphatic carbocycles. The van der Waals surface area contributed by atoms with Crippen LogP contribution >= 0.6 is 11.6 Å². The first-order valence-electron chi connectivity index (χ1n) is 9.76. The molecule has 2 heterocycles. The van der Waals surface area contributed by atoms with E-state index >= 15 is 0 Å². The molecule has 144 valence electrons. The van der Waals surface area contributed by atoms with E-state index in [1.165, 1.54) is 18.4 Å². The molecule has 1 saturated heterocycles. The van der Waals surface area contributed by atoms with Crippen LogP contribution in [0.3, 0.4) is 0 Å². The van der Waals surface area contributed by atoms with E-state index in [9.17, 15) is 4.79 Å². The molecule has 1 atom stereocenters. The van der Waals surface area contributed by atoms with Crippen LogP contribution < -0.4 is 5.32 Å². The molecule has 5 heteroatoms. The molecule has 1 fully saturated rings. The van der Waals surface area contributed by atoms with E-state index in [1.807, 2.05) is 37.3 Å². The average molecular weight is 394 g/mol. The molecule has 1 unspecified atom stereocenters. The summed E-state index contributed by atoms with van der Waals surface area (Å²) >= 11 is 6.10. The molecule has 1 aliphatic rings. The van der Waals surface area contributed by atoms with Crippen LogP contribution in [0.5, 0.6) is 0 Å². The Balaban J connectivity index is 1.55. The van der Waals surface area contributed by atoms with Crippen molar-refractivity contribution in [3.63, 3.8) is 0 Å². The minimum Gasteiger partial charge on any atom is -0.350 e. The second-order valence-electron chi connectivity index (χ2n) is 7.34. The van der Waals surface area contributed by atoms with Crippen molar-refractivity contribution in [3.05, 3.63) is 76.4 Å². The van der Waals surface area contributed by atoms with Crippen LogP contribution in [0, 0.1) is 6.92 Å². The summed E-state index contributed by atoms with van der Waals surface area (Å²) in [6, 6.07) is 18.0. The smallest absolute Gasteiger partial charge is 0.253 e. The van der Waals surface area contributed by atoms with Crippen molar-refractivity contribution in [2.75, 3.05) is 19.6 Å². The standard InChI is InChI=1S/C23H24ClN3O/c1-16-20(14-18-13-19(24)9-10-21(18)26-16)23(28)25-15-22(27-11-5-6-12-27)17-7-3-2-4-8-17/h2-4,7-10,13-14,22H,5-6,11-12,15H2,1H3,(H,25,28). The summed E-state index contributed by atoms with van der Waals surface area (Å²) in [7, 11) is 0. The number of aromatic nitrogens is 1. The lowest BCUT2D eigenvalue weighted by Gasteiger charge is -2.28. The molecule has 0 bridgehead atoms. The average Bonchev–Trinajstić information content (AvgIpc) is 3.23. The number of benzene rings is 2. The molecule has 0 saturated carbocycles. The Labute approximate surface area is 170 Å². The van der Waals surface area contributed by atoms with Crippen LogP contribution in [0.15, 0.2) is 54.6 Å². The van der Waals surface area contributed by atoms with E-state index in [4.69, 9.17) is 11.6 Å². The zero-order valence-corrected chi connectivity index (χ0v) is 16.7. The lowest BCUT2D eigenvalue weighted by atomic mass is 10.0. The molecule has 28 heavy (non-hydrogen) atoms. The van der Waals surface area contributed by atoms with Crippen molar-refractivity contribution in [1.29, 1.82) is 0 Å². The number of pyridine rings is 1. The summed E-state index contributed by atoms with van der Waals surface area (Å²) in [5, 5.41) is 4.66. The number of likely N-dealkylation sites (tertiary alicyclic amines) is 1. The Morgan fingerprint density at radius 1 is 1.14 bits per heavy atom. The van der Waals surface area contributed by atoms with E-state index in [-0.39, 0.29) is 11.9 Å². The Morgan fingerprint density at radius 2 is 1.89 bits per heavy atom. The highest BCUT2D eigenvalue weighted by molar-refractivity contribution is 6.31. The summed E-state index contributed by atoms with van der Waals surface area (Å²) in [5.74, 6) is -0.0907. The van der Waals surface area contributed by atoms with Crippen molar-refractivity contribution >= 4 is 28.4 Å². The minimum atomic E-state index is -0.0907. The number of halogens is 1. The topological polar surface area (TPSA) is 45.2 Å². The molecule has 2 aromatic carbocycles. The molecular formula is C23H24ClN3O. The summed E-state index contributed by atoms with van der Waals surface area (Å²) in [6.45, 7) is 4.60. The van der Waals surface area contributed by atoms with Crippen LogP contribution in [0.1, 0.15) is 40.5 Å². The first-order chi connectivity index (χ1) is 13.6. The molecular weight excluding hydrogens is 370 g/mol. The minimum absolute atomic E-state index is 0.0907. The van der Waals surface area contributed by atoms with Crippen molar-refractivity contribution in [2.24, 2.45) is 0 Å². The fourth-order valence-electron chi connectivity index (χ4n) is 3.94. The predicted octanol–water partition coefficient (Wildman–Crippen LogP) is 4.76. The second-order valence-corrected chi connectivity index (χ2v) is 7.77. The highest BCUT2D eigenvalue weighted by Gasteiger charge is 2.24. The number of hydrogen-bond acceptors (Lipinski definition) is 3. The first-order valence-corrected chi connectivity index (χ1v) is 10.1. The van der Waals surface area contributed by atoms with Crippen LogP contribution in [0.2, 0.25) is 5.02 Å². The molecule has 3 aromatic rings. The maximum absolute atomic E-state index is 12.9. The van der Waals surface area contributed by atoms with Gasteiger partial charge in [0, 0.05) is 17.0 Å². The van der Waals surface area contributed by atoms with Gasteiger partial charge in [-0.25, -0.2) is 0 Å². The van der Waals surface area contributed by atoms with Gasteiger partial charge in [0.1, 0.15) is 0 Å². The number of rotatable bonds is 5. The third kappa shape index (κ3) is 4.03. The van der Waals surface area contributed by atoms with E-state index < -0.39 is 0 Å². The number of hydrogen-bond donors (Lipinski definition) is 1. The van der Waals surface area contributed by atoms with Crippen LogP contribution in [-0.2, 0) is 0 Å². The van der Waals surface area contributed by atoms with Gasteiger partial charge in [0.25, 0.3) is 5.91 Å². The highest BCUT2D eigenvalue weighted by atomic mass is 35.5. The van der Waals surface area contributed by atoms with Gasteiger partial charge in [-0.2, -0.15) is 0 Å². The SMILES string of the molecule is Cc1nc2ccc(Cl)cc2cc1C(=O)NCC(c1ccccc1)N1CCCC1. The van der Waals surface area contributed by atoms with Gasteiger partial charge in [0.15, 0.2) is 0 Å². The number of aryl methyl sites for hydroxylation is 1. The number of nitrogens with one attached hydrogen (secondary N) is 1. The normalized spacial score (nSPS) is 15.6. The van der Waals surface area contributed by atoms with Gasteiger partial charge < -0.3 is 5.32 Å². The monoisotopic (exact) mass is 393 g/mol. The maximum atomic E-state index is 12.9.